The lowest BCUT2D eigenvalue weighted by atomic mass is 10.1. The highest BCUT2D eigenvalue weighted by Gasteiger charge is 2.31. The molecule has 206 valence electrons. The van der Waals surface area contributed by atoms with Crippen LogP contribution in [0.3, 0.4) is 0 Å². The Labute approximate surface area is 230 Å². The fourth-order valence-electron chi connectivity index (χ4n) is 3.60. The number of aromatic nitrogens is 3. The number of nitrogens with one attached hydrogen (secondary N) is 1. The largest absolute Gasteiger partial charge is 0.573 e. The lowest BCUT2D eigenvalue weighted by Crippen LogP contribution is -2.19. The van der Waals surface area contributed by atoms with Crippen LogP contribution in [0.2, 0.25) is 0 Å². The molecule has 4 aromatic rings. The highest BCUT2D eigenvalue weighted by Crippen LogP contribution is 2.24. The van der Waals surface area contributed by atoms with Crippen LogP contribution in [0.4, 0.5) is 18.9 Å². The molecule has 0 radical (unpaired) electrons. The van der Waals surface area contributed by atoms with Gasteiger partial charge in [-0.05, 0) is 91.6 Å². The number of ether oxygens (including phenoxy) is 2. The van der Waals surface area contributed by atoms with Gasteiger partial charge < -0.3 is 20.5 Å². The number of anilines is 1. The van der Waals surface area contributed by atoms with Gasteiger partial charge in [0.15, 0.2) is 10.9 Å². The number of hydrogen-bond acceptors (Lipinski definition) is 5. The molecule has 0 unspecified atom stereocenters. The summed E-state index contributed by atoms with van der Waals surface area (Å²) < 4.78 is 47.1. The smallest absolute Gasteiger partial charge is 0.497 e. The van der Waals surface area contributed by atoms with E-state index < -0.39 is 6.36 Å². The van der Waals surface area contributed by atoms with Crippen LogP contribution >= 0.6 is 12.2 Å². The van der Waals surface area contributed by atoms with Gasteiger partial charge >= 0.3 is 6.36 Å². The number of rotatable bonds is 8. The predicted octanol–water partition coefficient (Wildman–Crippen LogP) is 6.83. The van der Waals surface area contributed by atoms with Crippen molar-refractivity contribution in [2.24, 2.45) is 5.73 Å². The Morgan fingerprint density at radius 3 is 2.38 bits per heavy atom. The van der Waals surface area contributed by atoms with Crippen molar-refractivity contribution in [2.75, 3.05) is 12.4 Å². The van der Waals surface area contributed by atoms with Gasteiger partial charge in [-0.2, -0.15) is 0 Å². The number of unbranched alkanes of at least 4 members (excludes halogenated alkanes) is 1. The molecule has 0 fully saturated rings. The second-order valence-corrected chi connectivity index (χ2v) is 8.97. The number of thiocarbonyl (C=S) groups is 1. The summed E-state index contributed by atoms with van der Waals surface area (Å²) in [7, 11) is 1.63. The number of hydrogen-bond donors (Lipinski definition) is 2. The van der Waals surface area contributed by atoms with E-state index in [0.717, 1.165) is 41.8 Å². The fourth-order valence-corrected chi connectivity index (χ4v) is 3.71. The first kappa shape index (κ1) is 29.4. The van der Waals surface area contributed by atoms with E-state index in [0.29, 0.717) is 11.5 Å². The molecule has 0 aliphatic heterocycles. The summed E-state index contributed by atoms with van der Waals surface area (Å²) in [5, 5.41) is 7.57. The Hall–Kier alpha value is -4.12. The minimum absolute atomic E-state index is 0.272. The normalized spacial score (nSPS) is 10.8. The lowest BCUT2D eigenvalue weighted by Gasteiger charge is -2.09. The Bertz CT molecular complexity index is 1370. The summed E-state index contributed by atoms with van der Waals surface area (Å²) in [4.78, 5) is 4.31. The molecular weight excluding hydrogens is 527 g/mol. The molecule has 0 saturated heterocycles. The SMILES string of the molecule is CCCCc1cccc(-c2ncn(-c3ccc(OC(F)(F)F)cc3)n2)c1.COc1ccc(NC(N)=S)c(C)c1. The van der Waals surface area contributed by atoms with Crippen molar-refractivity contribution < 1.29 is 22.6 Å². The van der Waals surface area contributed by atoms with Crippen LogP contribution in [0.1, 0.15) is 30.9 Å². The number of nitrogens with two attached hydrogens (primary N) is 1. The zero-order chi connectivity index (χ0) is 28.4. The number of methoxy groups -OCH3 is 1. The topological polar surface area (TPSA) is 87.2 Å². The molecular formula is C28H30F3N5O2S. The van der Waals surface area contributed by atoms with Crippen molar-refractivity contribution in [3.05, 3.63) is 84.2 Å². The quantitative estimate of drug-likeness (QED) is 0.230. The van der Waals surface area contributed by atoms with E-state index in [9.17, 15) is 13.2 Å². The van der Waals surface area contributed by atoms with Crippen molar-refractivity contribution in [1.29, 1.82) is 0 Å². The van der Waals surface area contributed by atoms with Gasteiger partial charge in [0.05, 0.1) is 12.8 Å². The Balaban J connectivity index is 0.000000272. The van der Waals surface area contributed by atoms with Gasteiger partial charge in [0, 0.05) is 11.3 Å². The first-order valence-electron chi connectivity index (χ1n) is 12.2. The molecule has 4 rings (SSSR count). The molecule has 0 saturated carbocycles. The second kappa shape index (κ2) is 13.6. The molecule has 11 heteroatoms. The molecule has 3 aromatic carbocycles. The van der Waals surface area contributed by atoms with Crippen molar-refractivity contribution in [3.8, 4) is 28.6 Å². The maximum atomic E-state index is 12.2. The number of aryl methyl sites for hydroxylation is 2. The number of alkyl halides is 3. The van der Waals surface area contributed by atoms with Crippen LogP contribution in [-0.2, 0) is 6.42 Å². The van der Waals surface area contributed by atoms with E-state index in [1.165, 1.54) is 40.8 Å². The standard InChI is InChI=1S/C19H18F3N3O.C9H12N2OS/c1-2-3-5-14-6-4-7-15(12-14)18-23-13-25(24-18)16-8-10-17(11-9-16)26-19(20,21)22;1-6-5-7(12-2)3-4-8(6)11-9(10)13/h4,6-13H,2-3,5H2,1H3;3-5H,1-2H3,(H3,10,11,13). The first-order chi connectivity index (χ1) is 18.6. The Kier molecular flexibility index (Phi) is 10.3. The van der Waals surface area contributed by atoms with E-state index in [-0.39, 0.29) is 10.9 Å². The third kappa shape index (κ3) is 9.29. The summed E-state index contributed by atoms with van der Waals surface area (Å²) in [6, 6.07) is 19.2. The summed E-state index contributed by atoms with van der Waals surface area (Å²) in [5.41, 5.74) is 10.1. The zero-order valence-corrected chi connectivity index (χ0v) is 22.6. The predicted molar refractivity (Wildman–Crippen MR) is 150 cm³/mol. The van der Waals surface area contributed by atoms with Crippen LogP contribution in [0, 0.1) is 6.92 Å². The van der Waals surface area contributed by atoms with E-state index in [2.05, 4.69) is 39.2 Å². The minimum Gasteiger partial charge on any atom is -0.497 e. The lowest BCUT2D eigenvalue weighted by molar-refractivity contribution is -0.274. The monoisotopic (exact) mass is 557 g/mol. The zero-order valence-electron chi connectivity index (χ0n) is 21.8. The maximum Gasteiger partial charge on any atom is 0.573 e. The van der Waals surface area contributed by atoms with Crippen molar-refractivity contribution in [2.45, 2.75) is 39.5 Å². The molecule has 0 aliphatic carbocycles. The van der Waals surface area contributed by atoms with Crippen LogP contribution < -0.4 is 20.5 Å². The highest BCUT2D eigenvalue weighted by atomic mass is 32.1. The van der Waals surface area contributed by atoms with Gasteiger partial charge in [-0.3, -0.25) is 0 Å². The Morgan fingerprint density at radius 1 is 1.05 bits per heavy atom. The van der Waals surface area contributed by atoms with Gasteiger partial charge in [0.1, 0.15) is 17.8 Å². The molecule has 0 atom stereocenters. The van der Waals surface area contributed by atoms with Crippen molar-refractivity contribution in [3.63, 3.8) is 0 Å². The second-order valence-electron chi connectivity index (χ2n) is 8.53. The number of nitrogens with zero attached hydrogens (tertiary/aromatic N) is 3. The summed E-state index contributed by atoms with van der Waals surface area (Å²) in [6.07, 6.45) is 0.0902. The molecule has 3 N–H and O–H groups in total. The molecule has 7 nitrogen and oxygen atoms in total. The number of benzene rings is 3. The van der Waals surface area contributed by atoms with Crippen molar-refractivity contribution in [1.82, 2.24) is 14.8 Å². The maximum absolute atomic E-state index is 12.2. The third-order valence-corrected chi connectivity index (χ3v) is 5.62. The van der Waals surface area contributed by atoms with Gasteiger partial charge in [-0.15, -0.1) is 18.3 Å². The van der Waals surface area contributed by atoms with Gasteiger partial charge in [0.2, 0.25) is 0 Å². The molecule has 0 spiro atoms. The summed E-state index contributed by atoms with van der Waals surface area (Å²) in [6.45, 7) is 4.11. The van der Waals surface area contributed by atoms with E-state index in [4.69, 9.17) is 22.7 Å². The van der Waals surface area contributed by atoms with Crippen LogP contribution in [0.25, 0.3) is 17.1 Å². The van der Waals surface area contributed by atoms with Crippen molar-refractivity contribution >= 4 is 23.0 Å². The molecule has 1 aromatic heterocycles. The highest BCUT2D eigenvalue weighted by molar-refractivity contribution is 7.80. The fraction of sp³-hybridized carbons (Fsp3) is 0.250. The average Bonchev–Trinajstić information content (AvgIpc) is 3.39. The Morgan fingerprint density at radius 2 is 1.77 bits per heavy atom. The van der Waals surface area contributed by atoms with Gasteiger partial charge in [-0.1, -0.05) is 31.5 Å². The third-order valence-electron chi connectivity index (χ3n) is 5.52. The van der Waals surface area contributed by atoms with E-state index in [1.54, 1.807) is 7.11 Å². The van der Waals surface area contributed by atoms with E-state index in [1.807, 2.05) is 37.3 Å². The molecule has 1 heterocycles. The van der Waals surface area contributed by atoms with Gasteiger partial charge in [0.25, 0.3) is 0 Å². The van der Waals surface area contributed by atoms with Crippen LogP contribution in [-0.4, -0.2) is 33.3 Å². The van der Waals surface area contributed by atoms with Crippen LogP contribution in [0.5, 0.6) is 11.5 Å². The minimum atomic E-state index is -4.70. The van der Waals surface area contributed by atoms with E-state index >= 15 is 0 Å². The molecule has 0 aliphatic rings. The van der Waals surface area contributed by atoms with Gasteiger partial charge in [-0.25, -0.2) is 9.67 Å². The van der Waals surface area contributed by atoms with Crippen LogP contribution in [0.15, 0.2) is 73.1 Å². The molecule has 39 heavy (non-hydrogen) atoms. The summed E-state index contributed by atoms with van der Waals surface area (Å²) >= 11 is 4.73. The summed E-state index contributed by atoms with van der Waals surface area (Å²) in [5.74, 6) is 1.12. The first-order valence-corrected chi connectivity index (χ1v) is 12.6. The number of halogens is 3. The average molecular weight is 558 g/mol. The molecule has 0 bridgehead atoms. The molecule has 0 amide bonds.